The smallest absolute Gasteiger partial charge is 0.125 e. The van der Waals surface area contributed by atoms with Gasteiger partial charge in [-0.1, -0.05) is 42.4 Å². The van der Waals surface area contributed by atoms with E-state index in [0.29, 0.717) is 12.5 Å². The molecule has 0 N–H and O–H groups in total. The number of rotatable bonds is 1. The fourth-order valence-corrected chi connectivity index (χ4v) is 1.33. The zero-order chi connectivity index (χ0) is 8.39. The zero-order valence-corrected chi connectivity index (χ0v) is 7.03. The van der Waals surface area contributed by atoms with Gasteiger partial charge in [-0.2, -0.15) is 0 Å². The van der Waals surface area contributed by atoms with Gasteiger partial charge >= 0.3 is 0 Å². The van der Waals surface area contributed by atoms with E-state index in [1.54, 1.807) is 0 Å². The van der Waals surface area contributed by atoms with Crippen LogP contribution in [0.2, 0.25) is 0 Å². The average Bonchev–Trinajstić information content (AvgIpc) is 2.53. The van der Waals surface area contributed by atoms with Crippen LogP contribution in [0.4, 0.5) is 0 Å². The number of hydrogen-bond donors (Lipinski definition) is 0. The maximum Gasteiger partial charge on any atom is 0.125 e. The fraction of sp³-hybridized carbons (Fsp3) is 0.300. The lowest BCUT2D eigenvalue weighted by Crippen LogP contribution is -2.09. The zero-order valence-electron chi connectivity index (χ0n) is 7.03. The maximum atomic E-state index is 5.01. The Hall–Kier alpha value is -1.31. The molecule has 1 aromatic carbocycles. The van der Waals surface area contributed by atoms with Crippen LogP contribution in [0.1, 0.15) is 12.5 Å². The lowest BCUT2D eigenvalue weighted by Gasteiger charge is -2.02. The molecule has 0 amide bonds. The van der Waals surface area contributed by atoms with Crippen LogP contribution in [-0.2, 0) is 4.84 Å². The van der Waals surface area contributed by atoms with Gasteiger partial charge in [0.1, 0.15) is 6.61 Å². The number of oxime groups is 1. The van der Waals surface area contributed by atoms with E-state index in [1.165, 1.54) is 5.56 Å². The highest BCUT2D eigenvalue weighted by molar-refractivity contribution is 6.02. The minimum atomic E-state index is 0.424. The molecule has 2 rings (SSSR count). The van der Waals surface area contributed by atoms with Crippen molar-refractivity contribution in [2.24, 2.45) is 11.1 Å². The summed E-state index contributed by atoms with van der Waals surface area (Å²) in [5.74, 6) is 0.424. The molecule has 0 fully saturated rings. The van der Waals surface area contributed by atoms with E-state index in [2.05, 4.69) is 24.2 Å². The van der Waals surface area contributed by atoms with Crippen molar-refractivity contribution in [3.05, 3.63) is 35.9 Å². The van der Waals surface area contributed by atoms with Gasteiger partial charge in [0.25, 0.3) is 0 Å². The Morgan fingerprint density at radius 2 is 2.08 bits per heavy atom. The molecule has 2 heteroatoms. The Morgan fingerprint density at radius 3 is 2.67 bits per heavy atom. The number of benzene rings is 1. The third-order valence-corrected chi connectivity index (χ3v) is 2.02. The van der Waals surface area contributed by atoms with Crippen molar-refractivity contribution in [1.82, 2.24) is 0 Å². The molecule has 2 nitrogen and oxygen atoms in total. The van der Waals surface area contributed by atoms with Gasteiger partial charge in [-0.3, -0.25) is 0 Å². The van der Waals surface area contributed by atoms with Crippen LogP contribution in [0.5, 0.6) is 0 Å². The van der Waals surface area contributed by atoms with E-state index in [-0.39, 0.29) is 0 Å². The molecular formula is C10H11NO. The molecule has 0 aliphatic carbocycles. The summed E-state index contributed by atoms with van der Waals surface area (Å²) >= 11 is 0. The quantitative estimate of drug-likeness (QED) is 0.617. The molecule has 0 spiro atoms. The monoisotopic (exact) mass is 161 g/mol. The second-order valence-corrected chi connectivity index (χ2v) is 3.04. The second-order valence-electron chi connectivity index (χ2n) is 3.04. The summed E-state index contributed by atoms with van der Waals surface area (Å²) < 4.78 is 0. The van der Waals surface area contributed by atoms with Crippen LogP contribution in [0, 0.1) is 5.92 Å². The van der Waals surface area contributed by atoms with Gasteiger partial charge in [-0.05, 0) is 5.56 Å². The van der Waals surface area contributed by atoms with Crippen LogP contribution in [0.25, 0.3) is 0 Å². The first kappa shape index (κ1) is 7.35. The minimum absolute atomic E-state index is 0.424. The fourth-order valence-electron chi connectivity index (χ4n) is 1.33. The molecule has 1 aliphatic rings. The summed E-state index contributed by atoms with van der Waals surface area (Å²) in [4.78, 5) is 5.01. The SMILES string of the molecule is C[C@@H]1CON=C1c1ccccc1. The first-order valence-corrected chi connectivity index (χ1v) is 4.13. The van der Waals surface area contributed by atoms with Gasteiger partial charge in [0, 0.05) is 5.92 Å². The van der Waals surface area contributed by atoms with Crippen LogP contribution >= 0.6 is 0 Å². The summed E-state index contributed by atoms with van der Waals surface area (Å²) in [5.41, 5.74) is 2.23. The standard InChI is InChI=1S/C10H11NO/c1-8-7-12-11-10(8)9-5-3-2-4-6-9/h2-6,8H,7H2,1H3/t8-/m1/s1. The molecule has 1 atom stereocenters. The number of nitrogens with zero attached hydrogens (tertiary/aromatic N) is 1. The van der Waals surface area contributed by atoms with Crippen molar-refractivity contribution in [1.29, 1.82) is 0 Å². The predicted molar refractivity (Wildman–Crippen MR) is 48.1 cm³/mol. The molecule has 0 saturated carbocycles. The molecule has 0 bridgehead atoms. The van der Waals surface area contributed by atoms with Gasteiger partial charge < -0.3 is 4.84 Å². The van der Waals surface area contributed by atoms with Crippen LogP contribution in [0.15, 0.2) is 35.5 Å². The summed E-state index contributed by atoms with van der Waals surface area (Å²) in [6.07, 6.45) is 0. The van der Waals surface area contributed by atoms with E-state index in [0.717, 1.165) is 5.71 Å². The molecule has 12 heavy (non-hydrogen) atoms. The molecule has 0 aromatic heterocycles. The normalized spacial score (nSPS) is 21.8. The highest BCUT2D eigenvalue weighted by Gasteiger charge is 2.19. The first-order chi connectivity index (χ1) is 5.88. The Balaban J connectivity index is 2.31. The van der Waals surface area contributed by atoms with Crippen molar-refractivity contribution in [2.75, 3.05) is 6.61 Å². The Kier molecular flexibility index (Phi) is 1.82. The molecule has 1 heterocycles. The molecular weight excluding hydrogens is 150 g/mol. The van der Waals surface area contributed by atoms with Crippen molar-refractivity contribution >= 4 is 5.71 Å². The van der Waals surface area contributed by atoms with Crippen LogP contribution < -0.4 is 0 Å². The summed E-state index contributed by atoms with van der Waals surface area (Å²) in [6, 6.07) is 10.2. The van der Waals surface area contributed by atoms with Gasteiger partial charge in [0.15, 0.2) is 0 Å². The molecule has 0 unspecified atom stereocenters. The Bertz CT molecular complexity index is 292. The van der Waals surface area contributed by atoms with E-state index in [9.17, 15) is 0 Å². The molecule has 1 aromatic rings. The lowest BCUT2D eigenvalue weighted by molar-refractivity contribution is 0.158. The topological polar surface area (TPSA) is 21.6 Å². The van der Waals surface area contributed by atoms with Gasteiger partial charge in [-0.25, -0.2) is 0 Å². The molecule has 0 radical (unpaired) electrons. The Labute approximate surface area is 71.8 Å². The highest BCUT2D eigenvalue weighted by Crippen LogP contribution is 2.15. The molecule has 62 valence electrons. The van der Waals surface area contributed by atoms with Crippen molar-refractivity contribution < 1.29 is 4.84 Å². The van der Waals surface area contributed by atoms with Crippen LogP contribution in [-0.4, -0.2) is 12.3 Å². The minimum Gasteiger partial charge on any atom is -0.395 e. The Morgan fingerprint density at radius 1 is 1.33 bits per heavy atom. The largest absolute Gasteiger partial charge is 0.395 e. The van der Waals surface area contributed by atoms with E-state index in [1.807, 2.05) is 18.2 Å². The van der Waals surface area contributed by atoms with Gasteiger partial charge in [-0.15, -0.1) is 0 Å². The van der Waals surface area contributed by atoms with E-state index in [4.69, 9.17) is 4.84 Å². The molecule has 1 aliphatic heterocycles. The third-order valence-electron chi connectivity index (χ3n) is 2.02. The third kappa shape index (κ3) is 1.20. The maximum absolute atomic E-state index is 5.01. The van der Waals surface area contributed by atoms with E-state index < -0.39 is 0 Å². The summed E-state index contributed by atoms with van der Waals surface area (Å²) in [5, 5.41) is 4.00. The molecule has 0 saturated heterocycles. The number of hydrogen-bond acceptors (Lipinski definition) is 2. The van der Waals surface area contributed by atoms with Gasteiger partial charge in [0.05, 0.1) is 5.71 Å². The van der Waals surface area contributed by atoms with Crippen LogP contribution in [0.3, 0.4) is 0 Å². The summed E-state index contributed by atoms with van der Waals surface area (Å²) in [7, 11) is 0. The summed E-state index contributed by atoms with van der Waals surface area (Å²) in [6.45, 7) is 2.84. The highest BCUT2D eigenvalue weighted by atomic mass is 16.6. The first-order valence-electron chi connectivity index (χ1n) is 4.13. The van der Waals surface area contributed by atoms with E-state index >= 15 is 0 Å². The predicted octanol–water partition coefficient (Wildman–Crippen LogP) is 2.06. The lowest BCUT2D eigenvalue weighted by atomic mass is 10.0. The second kappa shape index (κ2) is 2.97. The van der Waals surface area contributed by atoms with Crippen molar-refractivity contribution in [3.8, 4) is 0 Å². The average molecular weight is 161 g/mol. The van der Waals surface area contributed by atoms with Crippen molar-refractivity contribution in [2.45, 2.75) is 6.92 Å². The van der Waals surface area contributed by atoms with Gasteiger partial charge in [0.2, 0.25) is 0 Å². The van der Waals surface area contributed by atoms with Crippen molar-refractivity contribution in [3.63, 3.8) is 0 Å².